The summed E-state index contributed by atoms with van der Waals surface area (Å²) < 4.78 is 0. The zero-order valence-electron chi connectivity index (χ0n) is 12.5. The van der Waals surface area contributed by atoms with Crippen molar-refractivity contribution in [2.75, 3.05) is 5.32 Å². The number of aryl methyl sites for hydroxylation is 1. The number of nitrogens with one attached hydrogen (secondary N) is 1. The van der Waals surface area contributed by atoms with Gasteiger partial charge in [-0.05, 0) is 42.2 Å². The van der Waals surface area contributed by atoms with Crippen LogP contribution in [0.4, 0.5) is 5.69 Å². The fraction of sp³-hybridized carbons (Fsp3) is 0.278. The van der Waals surface area contributed by atoms with E-state index in [4.69, 9.17) is 5.11 Å². The molecule has 0 heterocycles. The summed E-state index contributed by atoms with van der Waals surface area (Å²) in [6.45, 7) is 4.26. The van der Waals surface area contributed by atoms with Crippen LogP contribution < -0.4 is 5.32 Å². The molecule has 2 N–H and O–H groups in total. The molecule has 3 heteroatoms. The summed E-state index contributed by atoms with van der Waals surface area (Å²) in [4.78, 5) is 11.0. The normalized spacial score (nSPS) is 11.9. The van der Waals surface area contributed by atoms with E-state index in [1.54, 1.807) is 18.2 Å². The third kappa shape index (κ3) is 3.85. The lowest BCUT2D eigenvalue weighted by molar-refractivity contribution is 0.0697. The minimum Gasteiger partial charge on any atom is -0.478 e. The minimum atomic E-state index is -0.904. The molecule has 0 aliphatic carbocycles. The summed E-state index contributed by atoms with van der Waals surface area (Å²) in [5.41, 5.74) is 3.68. The maximum atomic E-state index is 11.0. The quantitative estimate of drug-likeness (QED) is 0.820. The van der Waals surface area contributed by atoms with E-state index >= 15 is 0 Å². The highest BCUT2D eigenvalue weighted by Gasteiger charge is 2.10. The average molecular weight is 283 g/mol. The summed E-state index contributed by atoms with van der Waals surface area (Å²) >= 11 is 0. The van der Waals surface area contributed by atoms with Crippen molar-refractivity contribution < 1.29 is 9.90 Å². The summed E-state index contributed by atoms with van der Waals surface area (Å²) in [5.74, 6) is -0.904. The maximum Gasteiger partial charge on any atom is 0.335 e. The van der Waals surface area contributed by atoms with E-state index in [0.717, 1.165) is 18.5 Å². The number of aromatic carboxylic acids is 1. The highest BCUT2D eigenvalue weighted by molar-refractivity contribution is 5.88. The average Bonchev–Trinajstić information content (AvgIpc) is 2.53. The van der Waals surface area contributed by atoms with Gasteiger partial charge in [-0.15, -0.1) is 0 Å². The van der Waals surface area contributed by atoms with Crippen LogP contribution in [0.1, 0.15) is 47.8 Å². The molecule has 0 spiro atoms. The number of carboxylic acids is 1. The molecule has 0 aromatic heterocycles. The largest absolute Gasteiger partial charge is 0.478 e. The van der Waals surface area contributed by atoms with Gasteiger partial charge in [-0.1, -0.05) is 44.2 Å². The van der Waals surface area contributed by atoms with E-state index in [1.807, 2.05) is 6.07 Å². The lowest BCUT2D eigenvalue weighted by Gasteiger charge is -2.19. The van der Waals surface area contributed by atoms with Gasteiger partial charge in [-0.25, -0.2) is 4.79 Å². The molecule has 0 saturated heterocycles. The SMILES string of the molecule is CCc1ccc(C(CC)Nc2cccc(C(=O)O)c2)cc1. The summed E-state index contributed by atoms with van der Waals surface area (Å²) in [7, 11) is 0. The molecule has 21 heavy (non-hydrogen) atoms. The molecule has 0 fully saturated rings. The number of hydrogen-bond acceptors (Lipinski definition) is 2. The molecule has 2 aromatic rings. The highest BCUT2D eigenvalue weighted by Crippen LogP contribution is 2.23. The Kier molecular flexibility index (Phi) is 4.99. The second-order valence-corrected chi connectivity index (χ2v) is 5.09. The van der Waals surface area contributed by atoms with E-state index in [2.05, 4.69) is 43.4 Å². The van der Waals surface area contributed by atoms with Gasteiger partial charge in [0.05, 0.1) is 11.6 Å². The number of hydrogen-bond donors (Lipinski definition) is 2. The van der Waals surface area contributed by atoms with E-state index in [-0.39, 0.29) is 6.04 Å². The standard InChI is InChI=1S/C18H21NO2/c1-3-13-8-10-14(11-9-13)17(4-2)19-16-7-5-6-15(12-16)18(20)21/h5-12,17,19H,3-4H2,1-2H3,(H,20,21). The van der Waals surface area contributed by atoms with Crippen molar-refractivity contribution >= 4 is 11.7 Å². The van der Waals surface area contributed by atoms with Gasteiger partial charge in [-0.3, -0.25) is 0 Å². The maximum absolute atomic E-state index is 11.0. The van der Waals surface area contributed by atoms with Crippen molar-refractivity contribution in [1.82, 2.24) is 0 Å². The van der Waals surface area contributed by atoms with Crippen molar-refractivity contribution in [2.24, 2.45) is 0 Å². The van der Waals surface area contributed by atoms with Crippen LogP contribution in [0.5, 0.6) is 0 Å². The van der Waals surface area contributed by atoms with Gasteiger partial charge in [-0.2, -0.15) is 0 Å². The first-order chi connectivity index (χ1) is 10.1. The van der Waals surface area contributed by atoms with E-state index < -0.39 is 5.97 Å². The zero-order chi connectivity index (χ0) is 15.2. The topological polar surface area (TPSA) is 49.3 Å². The second kappa shape index (κ2) is 6.93. The minimum absolute atomic E-state index is 0.181. The Labute approximate surface area is 125 Å². The zero-order valence-corrected chi connectivity index (χ0v) is 12.5. The molecule has 3 nitrogen and oxygen atoms in total. The number of rotatable bonds is 6. The molecule has 2 rings (SSSR count). The third-order valence-corrected chi connectivity index (χ3v) is 3.65. The molecule has 0 aliphatic rings. The van der Waals surface area contributed by atoms with Crippen LogP contribution in [0, 0.1) is 0 Å². The molecule has 0 saturated carbocycles. The van der Waals surface area contributed by atoms with Crippen LogP contribution in [-0.4, -0.2) is 11.1 Å². The van der Waals surface area contributed by atoms with Crippen molar-refractivity contribution in [3.63, 3.8) is 0 Å². The number of carboxylic acid groups (broad SMARTS) is 1. The predicted octanol–water partition coefficient (Wildman–Crippen LogP) is 4.51. The molecule has 0 aliphatic heterocycles. The van der Waals surface area contributed by atoms with Crippen LogP contribution >= 0.6 is 0 Å². The Balaban J connectivity index is 2.18. The van der Waals surface area contributed by atoms with E-state index in [1.165, 1.54) is 11.1 Å². The Bertz CT molecular complexity index is 605. The highest BCUT2D eigenvalue weighted by atomic mass is 16.4. The first kappa shape index (κ1) is 15.1. The monoisotopic (exact) mass is 283 g/mol. The fourth-order valence-electron chi connectivity index (χ4n) is 2.35. The van der Waals surface area contributed by atoms with Crippen molar-refractivity contribution in [3.05, 3.63) is 65.2 Å². The van der Waals surface area contributed by atoms with Crippen LogP contribution in [0.25, 0.3) is 0 Å². The molecule has 1 atom stereocenters. The Hall–Kier alpha value is -2.29. The number of benzene rings is 2. The lowest BCUT2D eigenvalue weighted by Crippen LogP contribution is -2.10. The molecule has 0 radical (unpaired) electrons. The van der Waals surface area contributed by atoms with Crippen LogP contribution in [0.2, 0.25) is 0 Å². The first-order valence-electron chi connectivity index (χ1n) is 7.32. The molecule has 2 aromatic carbocycles. The second-order valence-electron chi connectivity index (χ2n) is 5.09. The number of carbonyl (C=O) groups is 1. The van der Waals surface area contributed by atoms with Gasteiger partial charge < -0.3 is 10.4 Å². The Morgan fingerprint density at radius 1 is 1.14 bits per heavy atom. The number of anilines is 1. The first-order valence-corrected chi connectivity index (χ1v) is 7.32. The Morgan fingerprint density at radius 2 is 1.86 bits per heavy atom. The molecule has 110 valence electrons. The molecule has 0 bridgehead atoms. The summed E-state index contributed by atoms with van der Waals surface area (Å²) in [6.07, 6.45) is 1.97. The molecular weight excluding hydrogens is 262 g/mol. The summed E-state index contributed by atoms with van der Waals surface area (Å²) in [5, 5.41) is 12.5. The summed E-state index contributed by atoms with van der Waals surface area (Å²) in [6, 6.07) is 15.7. The molecular formula is C18H21NO2. The van der Waals surface area contributed by atoms with Gasteiger partial charge in [0, 0.05) is 5.69 Å². The van der Waals surface area contributed by atoms with Gasteiger partial charge >= 0.3 is 5.97 Å². The van der Waals surface area contributed by atoms with Crippen LogP contribution in [-0.2, 0) is 6.42 Å². The lowest BCUT2D eigenvalue weighted by atomic mass is 10.0. The smallest absolute Gasteiger partial charge is 0.335 e. The van der Waals surface area contributed by atoms with Crippen LogP contribution in [0.15, 0.2) is 48.5 Å². The molecule has 1 unspecified atom stereocenters. The van der Waals surface area contributed by atoms with Crippen molar-refractivity contribution in [3.8, 4) is 0 Å². The fourth-order valence-corrected chi connectivity index (χ4v) is 2.35. The van der Waals surface area contributed by atoms with E-state index in [0.29, 0.717) is 5.56 Å². The van der Waals surface area contributed by atoms with Crippen LogP contribution in [0.3, 0.4) is 0 Å². The Morgan fingerprint density at radius 3 is 2.43 bits per heavy atom. The van der Waals surface area contributed by atoms with Gasteiger partial charge in [0.2, 0.25) is 0 Å². The third-order valence-electron chi connectivity index (χ3n) is 3.65. The van der Waals surface area contributed by atoms with Gasteiger partial charge in [0.1, 0.15) is 0 Å². The molecule has 0 amide bonds. The van der Waals surface area contributed by atoms with E-state index in [9.17, 15) is 4.79 Å². The predicted molar refractivity (Wildman–Crippen MR) is 85.9 cm³/mol. The van der Waals surface area contributed by atoms with Gasteiger partial charge in [0.15, 0.2) is 0 Å². The van der Waals surface area contributed by atoms with Gasteiger partial charge in [0.25, 0.3) is 0 Å². The van der Waals surface area contributed by atoms with Crippen molar-refractivity contribution in [2.45, 2.75) is 32.7 Å². The van der Waals surface area contributed by atoms with Crippen molar-refractivity contribution in [1.29, 1.82) is 0 Å².